The lowest BCUT2D eigenvalue weighted by molar-refractivity contribution is -0.138. The predicted molar refractivity (Wildman–Crippen MR) is 69.2 cm³/mol. The van der Waals surface area contributed by atoms with Gasteiger partial charge in [0.2, 0.25) is 5.91 Å². The van der Waals surface area contributed by atoms with E-state index in [4.69, 9.17) is 5.11 Å². The number of carbonyl (C=O) groups is 2. The Morgan fingerprint density at radius 1 is 1.44 bits per heavy atom. The van der Waals surface area contributed by atoms with Gasteiger partial charge in [-0.1, -0.05) is 13.8 Å². The van der Waals surface area contributed by atoms with Gasteiger partial charge in [-0.2, -0.15) is 0 Å². The van der Waals surface area contributed by atoms with Crippen LogP contribution in [0.3, 0.4) is 0 Å². The van der Waals surface area contributed by atoms with Gasteiger partial charge >= 0.3 is 5.97 Å². The minimum atomic E-state index is -0.797. The maximum absolute atomic E-state index is 11.8. The summed E-state index contributed by atoms with van der Waals surface area (Å²) in [5, 5.41) is 14.9. The molecule has 0 spiro atoms. The van der Waals surface area contributed by atoms with Crippen LogP contribution in [0.5, 0.6) is 0 Å². The zero-order valence-electron chi connectivity index (χ0n) is 11.2. The Bertz CT molecular complexity index is 286. The Morgan fingerprint density at radius 3 is 2.67 bits per heavy atom. The molecule has 0 bridgehead atoms. The Labute approximate surface area is 108 Å². The van der Waals surface area contributed by atoms with Crippen molar-refractivity contribution in [2.45, 2.75) is 45.6 Å². The van der Waals surface area contributed by atoms with E-state index in [0.29, 0.717) is 12.5 Å². The second kappa shape index (κ2) is 7.36. The van der Waals surface area contributed by atoms with E-state index in [2.05, 4.69) is 24.5 Å². The molecule has 0 aromatic carbocycles. The molecule has 0 unspecified atom stereocenters. The molecule has 1 rings (SSSR count). The maximum Gasteiger partial charge on any atom is 0.303 e. The average molecular weight is 256 g/mol. The number of rotatable bonds is 7. The minimum absolute atomic E-state index is 0.00615. The number of carbonyl (C=O) groups excluding carboxylic acids is 1. The fraction of sp³-hybridized carbons (Fsp3) is 0.846. The fourth-order valence-electron chi connectivity index (χ4n) is 2.43. The first-order valence-corrected chi connectivity index (χ1v) is 6.72. The monoisotopic (exact) mass is 256 g/mol. The molecule has 0 radical (unpaired) electrons. The highest BCUT2D eigenvalue weighted by Gasteiger charge is 2.23. The average Bonchev–Trinajstić information content (AvgIpc) is 2.77. The van der Waals surface area contributed by atoms with Gasteiger partial charge in [0.1, 0.15) is 0 Å². The van der Waals surface area contributed by atoms with Gasteiger partial charge in [0.15, 0.2) is 0 Å². The normalized spacial score (nSPS) is 20.9. The van der Waals surface area contributed by atoms with Crippen molar-refractivity contribution in [3.63, 3.8) is 0 Å². The predicted octanol–water partition coefficient (Wildman–Crippen LogP) is 0.992. The van der Waals surface area contributed by atoms with Crippen molar-refractivity contribution >= 4 is 11.9 Å². The molecule has 104 valence electrons. The molecule has 1 amide bonds. The van der Waals surface area contributed by atoms with Gasteiger partial charge < -0.3 is 15.7 Å². The van der Waals surface area contributed by atoms with E-state index in [1.807, 2.05) is 0 Å². The summed E-state index contributed by atoms with van der Waals surface area (Å²) in [6.07, 6.45) is 2.85. The van der Waals surface area contributed by atoms with E-state index in [-0.39, 0.29) is 24.3 Å². The largest absolute Gasteiger partial charge is 0.481 e. The zero-order chi connectivity index (χ0) is 13.5. The van der Waals surface area contributed by atoms with Crippen molar-refractivity contribution in [2.75, 3.05) is 13.1 Å². The molecule has 1 aliphatic heterocycles. The molecule has 3 N–H and O–H groups in total. The number of hydrogen-bond donors (Lipinski definition) is 3. The summed E-state index contributed by atoms with van der Waals surface area (Å²) >= 11 is 0. The molecule has 1 heterocycles. The number of carboxylic acid groups (broad SMARTS) is 1. The standard InChI is InChI=1S/C13H24N2O3/c1-9(2)6-10(7-12(16)17)8-15-13(18)11-4-3-5-14-11/h9-11,14H,3-8H2,1-2H3,(H,15,18)(H,16,17)/t10-,11-/m0/s1. The molecule has 18 heavy (non-hydrogen) atoms. The van der Waals surface area contributed by atoms with Crippen LogP contribution in [0, 0.1) is 11.8 Å². The molecule has 5 nitrogen and oxygen atoms in total. The third-order valence-corrected chi connectivity index (χ3v) is 3.21. The zero-order valence-corrected chi connectivity index (χ0v) is 11.2. The smallest absolute Gasteiger partial charge is 0.303 e. The molecule has 1 fully saturated rings. The summed E-state index contributed by atoms with van der Waals surface area (Å²) in [5.41, 5.74) is 0. The van der Waals surface area contributed by atoms with Crippen molar-refractivity contribution in [3.8, 4) is 0 Å². The summed E-state index contributed by atoms with van der Waals surface area (Å²) in [6.45, 7) is 5.48. The number of amides is 1. The molecule has 0 saturated carbocycles. The molecule has 1 saturated heterocycles. The quantitative estimate of drug-likeness (QED) is 0.635. The lowest BCUT2D eigenvalue weighted by Crippen LogP contribution is -2.42. The van der Waals surface area contributed by atoms with E-state index in [1.54, 1.807) is 0 Å². The molecular formula is C13H24N2O3. The van der Waals surface area contributed by atoms with E-state index in [9.17, 15) is 9.59 Å². The van der Waals surface area contributed by atoms with Crippen molar-refractivity contribution in [3.05, 3.63) is 0 Å². The van der Waals surface area contributed by atoms with Gasteiger partial charge in [-0.15, -0.1) is 0 Å². The van der Waals surface area contributed by atoms with Gasteiger partial charge in [-0.3, -0.25) is 9.59 Å². The highest BCUT2D eigenvalue weighted by molar-refractivity contribution is 5.82. The number of nitrogens with one attached hydrogen (secondary N) is 2. The Balaban J connectivity index is 2.35. The number of hydrogen-bond acceptors (Lipinski definition) is 3. The van der Waals surface area contributed by atoms with E-state index >= 15 is 0 Å². The minimum Gasteiger partial charge on any atom is -0.481 e. The first-order valence-electron chi connectivity index (χ1n) is 6.72. The molecule has 1 aliphatic rings. The summed E-state index contributed by atoms with van der Waals surface area (Å²) < 4.78 is 0. The lowest BCUT2D eigenvalue weighted by atomic mass is 9.94. The van der Waals surface area contributed by atoms with E-state index < -0.39 is 5.97 Å². The highest BCUT2D eigenvalue weighted by Crippen LogP contribution is 2.15. The van der Waals surface area contributed by atoms with E-state index in [1.165, 1.54) is 0 Å². The van der Waals surface area contributed by atoms with E-state index in [0.717, 1.165) is 25.8 Å². The van der Waals surface area contributed by atoms with Crippen LogP contribution in [0.1, 0.15) is 39.5 Å². The van der Waals surface area contributed by atoms with Crippen molar-refractivity contribution < 1.29 is 14.7 Å². The summed E-state index contributed by atoms with van der Waals surface area (Å²) in [4.78, 5) is 22.6. The maximum atomic E-state index is 11.8. The van der Waals surface area contributed by atoms with Crippen LogP contribution in [0.25, 0.3) is 0 Å². The third kappa shape index (κ3) is 5.49. The third-order valence-electron chi connectivity index (χ3n) is 3.21. The Morgan fingerprint density at radius 2 is 2.17 bits per heavy atom. The summed E-state index contributed by atoms with van der Waals surface area (Å²) in [7, 11) is 0. The highest BCUT2D eigenvalue weighted by atomic mass is 16.4. The molecular weight excluding hydrogens is 232 g/mol. The molecule has 0 aromatic rings. The van der Waals surface area contributed by atoms with Gasteiger partial charge in [-0.25, -0.2) is 0 Å². The SMILES string of the molecule is CC(C)C[C@H](CNC(=O)[C@@H]1CCCN1)CC(=O)O. The van der Waals surface area contributed by atoms with Gasteiger partial charge in [0.25, 0.3) is 0 Å². The van der Waals surface area contributed by atoms with Crippen LogP contribution < -0.4 is 10.6 Å². The topological polar surface area (TPSA) is 78.4 Å². The van der Waals surface area contributed by atoms with Crippen LogP contribution in [0.15, 0.2) is 0 Å². The van der Waals surface area contributed by atoms with Crippen molar-refractivity contribution in [2.24, 2.45) is 11.8 Å². The Hall–Kier alpha value is -1.10. The van der Waals surface area contributed by atoms with Crippen LogP contribution >= 0.6 is 0 Å². The Kier molecular flexibility index (Phi) is 6.12. The second-order valence-electron chi connectivity index (χ2n) is 5.49. The lowest BCUT2D eigenvalue weighted by Gasteiger charge is -2.19. The van der Waals surface area contributed by atoms with Crippen molar-refractivity contribution in [1.82, 2.24) is 10.6 Å². The van der Waals surface area contributed by atoms with Gasteiger partial charge in [0.05, 0.1) is 6.04 Å². The second-order valence-corrected chi connectivity index (χ2v) is 5.49. The first-order chi connectivity index (χ1) is 8.49. The molecule has 0 aliphatic carbocycles. The fourth-order valence-corrected chi connectivity index (χ4v) is 2.43. The van der Waals surface area contributed by atoms with Crippen LogP contribution in [0.2, 0.25) is 0 Å². The number of aliphatic carboxylic acids is 1. The summed E-state index contributed by atoms with van der Waals surface area (Å²) in [6, 6.07) is -0.0884. The first kappa shape index (κ1) is 15.0. The van der Waals surface area contributed by atoms with Gasteiger partial charge in [0, 0.05) is 13.0 Å². The number of carboxylic acids is 1. The van der Waals surface area contributed by atoms with Crippen molar-refractivity contribution in [1.29, 1.82) is 0 Å². The summed E-state index contributed by atoms with van der Waals surface area (Å²) in [5.74, 6) is -0.329. The molecule has 5 heteroatoms. The van der Waals surface area contributed by atoms with Crippen LogP contribution in [-0.2, 0) is 9.59 Å². The van der Waals surface area contributed by atoms with Crippen LogP contribution in [-0.4, -0.2) is 36.1 Å². The molecule has 2 atom stereocenters. The molecule has 0 aromatic heterocycles. The van der Waals surface area contributed by atoms with Gasteiger partial charge in [-0.05, 0) is 37.6 Å². The van der Waals surface area contributed by atoms with Crippen LogP contribution in [0.4, 0.5) is 0 Å².